The molecule has 0 spiro atoms. The molecule has 0 fully saturated rings. The number of hydrogen-bond acceptors (Lipinski definition) is 3. The monoisotopic (exact) mass is 203 g/mol. The maximum atomic E-state index is 11.4. The second-order valence-corrected chi connectivity index (χ2v) is 3.60. The Hall–Kier alpha value is -1.82. The molecule has 0 radical (unpaired) electrons. The van der Waals surface area contributed by atoms with Crippen LogP contribution in [0.1, 0.15) is 12.5 Å². The van der Waals surface area contributed by atoms with Gasteiger partial charge in [0.05, 0.1) is 13.2 Å². The van der Waals surface area contributed by atoms with Gasteiger partial charge in [-0.1, -0.05) is 30.3 Å². The molecule has 0 aromatic heterocycles. The number of nitrogens with zero attached hydrogens (tertiary/aromatic N) is 1. The lowest BCUT2D eigenvalue weighted by atomic mass is 9.85. The van der Waals surface area contributed by atoms with Gasteiger partial charge in [0, 0.05) is 6.42 Å². The molecule has 3 heteroatoms. The van der Waals surface area contributed by atoms with Crippen molar-refractivity contribution >= 4 is 5.97 Å². The number of benzene rings is 1. The highest BCUT2D eigenvalue weighted by molar-refractivity contribution is 5.79. The van der Waals surface area contributed by atoms with Gasteiger partial charge >= 0.3 is 5.97 Å². The molecule has 1 rings (SSSR count). The molecule has 0 aliphatic heterocycles. The Morgan fingerprint density at radius 3 is 2.53 bits per heavy atom. The average molecular weight is 203 g/mol. The van der Waals surface area contributed by atoms with E-state index in [0.717, 1.165) is 5.56 Å². The van der Waals surface area contributed by atoms with Gasteiger partial charge in [-0.3, -0.25) is 4.79 Å². The fraction of sp³-hybridized carbons (Fsp3) is 0.333. The van der Waals surface area contributed by atoms with Gasteiger partial charge in [0.2, 0.25) is 0 Å². The maximum Gasteiger partial charge on any atom is 0.326 e. The molecule has 0 saturated heterocycles. The van der Waals surface area contributed by atoms with Crippen molar-refractivity contribution in [2.24, 2.45) is 5.41 Å². The van der Waals surface area contributed by atoms with Crippen LogP contribution in [0.5, 0.6) is 0 Å². The lowest BCUT2D eigenvalue weighted by Crippen LogP contribution is -2.29. The first-order valence-corrected chi connectivity index (χ1v) is 4.66. The highest BCUT2D eigenvalue weighted by atomic mass is 16.5. The summed E-state index contributed by atoms with van der Waals surface area (Å²) in [6, 6.07) is 11.4. The smallest absolute Gasteiger partial charge is 0.326 e. The summed E-state index contributed by atoms with van der Waals surface area (Å²) < 4.78 is 4.62. The number of ether oxygens (including phenoxy) is 1. The molecular weight excluding hydrogens is 190 g/mol. The lowest BCUT2D eigenvalue weighted by Gasteiger charge is -2.18. The van der Waals surface area contributed by atoms with E-state index in [1.807, 2.05) is 36.4 Å². The van der Waals surface area contributed by atoms with Crippen molar-refractivity contribution in [2.75, 3.05) is 7.11 Å². The largest absolute Gasteiger partial charge is 0.468 e. The first kappa shape index (κ1) is 11.3. The quantitative estimate of drug-likeness (QED) is 0.705. The molecule has 78 valence electrons. The van der Waals surface area contributed by atoms with E-state index in [9.17, 15) is 4.79 Å². The standard InChI is InChI=1S/C12H13NO2/c1-12(9-13,11(14)15-2)8-10-6-4-3-5-7-10/h3-7H,8H2,1-2H3/t12-/m0/s1. The highest BCUT2D eigenvalue weighted by Crippen LogP contribution is 2.23. The molecular formula is C12H13NO2. The van der Waals surface area contributed by atoms with E-state index >= 15 is 0 Å². The number of nitriles is 1. The van der Waals surface area contributed by atoms with E-state index in [4.69, 9.17) is 5.26 Å². The Morgan fingerprint density at radius 1 is 1.47 bits per heavy atom. The minimum Gasteiger partial charge on any atom is -0.468 e. The maximum absolute atomic E-state index is 11.4. The predicted molar refractivity (Wildman–Crippen MR) is 55.9 cm³/mol. The van der Waals surface area contributed by atoms with Crippen LogP contribution in [0.15, 0.2) is 30.3 Å². The SMILES string of the molecule is COC(=O)[C@](C)(C#N)Cc1ccccc1. The summed E-state index contributed by atoms with van der Waals surface area (Å²) >= 11 is 0. The van der Waals surface area contributed by atoms with Crippen molar-refractivity contribution in [1.29, 1.82) is 5.26 Å². The zero-order valence-electron chi connectivity index (χ0n) is 8.86. The van der Waals surface area contributed by atoms with Crippen molar-refractivity contribution in [2.45, 2.75) is 13.3 Å². The lowest BCUT2D eigenvalue weighted by molar-refractivity contribution is -0.148. The summed E-state index contributed by atoms with van der Waals surface area (Å²) in [5.41, 5.74) is -0.150. The van der Waals surface area contributed by atoms with Gasteiger partial charge in [-0.05, 0) is 12.5 Å². The molecule has 0 aliphatic rings. The Bertz CT molecular complexity index is 380. The van der Waals surface area contributed by atoms with Gasteiger partial charge in [-0.2, -0.15) is 5.26 Å². The van der Waals surface area contributed by atoms with Gasteiger partial charge < -0.3 is 4.74 Å². The first-order valence-electron chi connectivity index (χ1n) is 4.66. The van der Waals surface area contributed by atoms with Gasteiger partial charge in [0.1, 0.15) is 0 Å². The van der Waals surface area contributed by atoms with Crippen LogP contribution in [0.2, 0.25) is 0 Å². The molecule has 1 aromatic rings. The summed E-state index contributed by atoms with van der Waals surface area (Å²) in [5.74, 6) is -0.492. The second kappa shape index (κ2) is 4.61. The third kappa shape index (κ3) is 2.57. The van der Waals surface area contributed by atoms with Crippen LogP contribution in [0.25, 0.3) is 0 Å². The molecule has 1 atom stereocenters. The molecule has 0 unspecified atom stereocenters. The third-order valence-electron chi connectivity index (χ3n) is 2.28. The van der Waals surface area contributed by atoms with Crippen molar-refractivity contribution in [3.8, 4) is 6.07 Å². The number of esters is 1. The molecule has 0 bridgehead atoms. The Morgan fingerprint density at radius 2 is 2.07 bits per heavy atom. The van der Waals surface area contributed by atoms with Gasteiger partial charge in [-0.15, -0.1) is 0 Å². The van der Waals surface area contributed by atoms with Gasteiger partial charge in [0.15, 0.2) is 5.41 Å². The van der Waals surface area contributed by atoms with Crippen molar-refractivity contribution < 1.29 is 9.53 Å². The van der Waals surface area contributed by atoms with E-state index in [0.29, 0.717) is 6.42 Å². The van der Waals surface area contributed by atoms with Crippen molar-refractivity contribution in [3.63, 3.8) is 0 Å². The minimum absolute atomic E-state index is 0.372. The Kier molecular flexibility index (Phi) is 3.46. The van der Waals surface area contributed by atoms with E-state index in [2.05, 4.69) is 4.74 Å². The van der Waals surface area contributed by atoms with E-state index < -0.39 is 11.4 Å². The van der Waals surface area contributed by atoms with E-state index in [1.165, 1.54) is 7.11 Å². The molecule has 0 heterocycles. The summed E-state index contributed by atoms with van der Waals surface area (Å²) in [4.78, 5) is 11.4. The van der Waals surface area contributed by atoms with Crippen LogP contribution in [0, 0.1) is 16.7 Å². The number of carbonyl (C=O) groups is 1. The molecule has 0 amide bonds. The molecule has 0 aliphatic carbocycles. The summed E-state index contributed by atoms with van der Waals surface area (Å²) in [6.07, 6.45) is 0.372. The normalized spacial score (nSPS) is 13.7. The second-order valence-electron chi connectivity index (χ2n) is 3.60. The van der Waals surface area contributed by atoms with Crippen LogP contribution in [0.4, 0.5) is 0 Å². The number of methoxy groups -OCH3 is 1. The predicted octanol–water partition coefficient (Wildman–Crippen LogP) is 1.93. The Labute approximate surface area is 89.3 Å². The highest BCUT2D eigenvalue weighted by Gasteiger charge is 2.34. The number of rotatable bonds is 3. The molecule has 0 N–H and O–H groups in total. The molecule has 0 saturated carbocycles. The molecule has 15 heavy (non-hydrogen) atoms. The van der Waals surface area contributed by atoms with Gasteiger partial charge in [-0.25, -0.2) is 0 Å². The van der Waals surface area contributed by atoms with Crippen LogP contribution in [-0.2, 0) is 16.0 Å². The summed E-state index contributed by atoms with van der Waals surface area (Å²) in [5, 5.41) is 9.00. The van der Waals surface area contributed by atoms with Crippen molar-refractivity contribution in [3.05, 3.63) is 35.9 Å². The fourth-order valence-corrected chi connectivity index (χ4v) is 1.39. The molecule has 3 nitrogen and oxygen atoms in total. The van der Waals surface area contributed by atoms with Crippen LogP contribution in [0.3, 0.4) is 0 Å². The zero-order valence-corrected chi connectivity index (χ0v) is 8.86. The minimum atomic E-state index is -1.10. The number of hydrogen-bond donors (Lipinski definition) is 0. The van der Waals surface area contributed by atoms with Gasteiger partial charge in [0.25, 0.3) is 0 Å². The molecule has 1 aromatic carbocycles. The van der Waals surface area contributed by atoms with Crippen molar-refractivity contribution in [1.82, 2.24) is 0 Å². The van der Waals surface area contributed by atoms with Crippen LogP contribution in [-0.4, -0.2) is 13.1 Å². The topological polar surface area (TPSA) is 50.1 Å². The summed E-state index contributed by atoms with van der Waals surface area (Å²) in [6.45, 7) is 1.59. The Balaban J connectivity index is 2.88. The number of carbonyl (C=O) groups excluding carboxylic acids is 1. The first-order chi connectivity index (χ1) is 7.12. The van der Waals surface area contributed by atoms with Crippen LogP contribution >= 0.6 is 0 Å². The summed E-state index contributed by atoms with van der Waals surface area (Å²) in [7, 11) is 1.29. The third-order valence-corrected chi connectivity index (χ3v) is 2.28. The zero-order chi connectivity index (χ0) is 11.3. The van der Waals surface area contributed by atoms with E-state index in [1.54, 1.807) is 6.92 Å². The fourth-order valence-electron chi connectivity index (χ4n) is 1.39. The van der Waals surface area contributed by atoms with Crippen LogP contribution < -0.4 is 0 Å². The van der Waals surface area contributed by atoms with E-state index in [-0.39, 0.29) is 0 Å². The average Bonchev–Trinajstić information content (AvgIpc) is 2.29.